The lowest BCUT2D eigenvalue weighted by Gasteiger charge is -2.35. The van der Waals surface area contributed by atoms with Crippen LogP contribution in [0.4, 0.5) is 0 Å². The summed E-state index contributed by atoms with van der Waals surface area (Å²) < 4.78 is 11.2. The zero-order valence-electron chi connectivity index (χ0n) is 12.8. The average Bonchev–Trinajstić information content (AvgIpc) is 2.52. The fraction of sp³-hybridized carbons (Fsp3) is 0.625. The van der Waals surface area contributed by atoms with Gasteiger partial charge in [-0.15, -0.1) is 0 Å². The van der Waals surface area contributed by atoms with Gasteiger partial charge in [0.1, 0.15) is 5.75 Å². The Kier molecular flexibility index (Phi) is 5.83. The summed E-state index contributed by atoms with van der Waals surface area (Å²) in [5.41, 5.74) is 1.22. The van der Waals surface area contributed by atoms with Crippen LogP contribution in [0.2, 0.25) is 0 Å². The average molecular weight is 278 g/mol. The summed E-state index contributed by atoms with van der Waals surface area (Å²) in [4.78, 5) is 2.48. The fourth-order valence-corrected chi connectivity index (χ4v) is 2.75. The highest BCUT2D eigenvalue weighted by Gasteiger charge is 2.23. The number of para-hydroxylation sites is 1. The maximum Gasteiger partial charge on any atom is 0.123 e. The second-order valence-electron chi connectivity index (χ2n) is 5.24. The van der Waals surface area contributed by atoms with E-state index in [9.17, 15) is 0 Å². The van der Waals surface area contributed by atoms with Crippen LogP contribution in [0.3, 0.4) is 0 Å². The zero-order chi connectivity index (χ0) is 14.4. The van der Waals surface area contributed by atoms with Gasteiger partial charge in [-0.2, -0.15) is 0 Å². The summed E-state index contributed by atoms with van der Waals surface area (Å²) in [6, 6.07) is 8.51. The summed E-state index contributed by atoms with van der Waals surface area (Å²) in [5.74, 6) is 0.951. The van der Waals surface area contributed by atoms with Crippen molar-refractivity contribution >= 4 is 0 Å². The van der Waals surface area contributed by atoms with E-state index in [1.807, 2.05) is 19.2 Å². The first-order chi connectivity index (χ1) is 9.78. The van der Waals surface area contributed by atoms with Crippen molar-refractivity contribution in [3.05, 3.63) is 29.8 Å². The van der Waals surface area contributed by atoms with Crippen LogP contribution in [0, 0.1) is 0 Å². The van der Waals surface area contributed by atoms with E-state index in [2.05, 4.69) is 29.3 Å². The summed E-state index contributed by atoms with van der Waals surface area (Å²) in [5, 5.41) is 3.41. The van der Waals surface area contributed by atoms with Crippen molar-refractivity contribution in [3.63, 3.8) is 0 Å². The Morgan fingerprint density at radius 2 is 2.25 bits per heavy atom. The molecule has 2 rings (SSSR count). The molecule has 1 aliphatic rings. The number of nitrogens with one attached hydrogen (secondary N) is 1. The molecule has 1 N–H and O–H groups in total. The van der Waals surface area contributed by atoms with Crippen molar-refractivity contribution < 1.29 is 9.47 Å². The number of ether oxygens (including phenoxy) is 2. The number of benzene rings is 1. The minimum Gasteiger partial charge on any atom is -0.496 e. The SMILES string of the molecule is CCC1CN(CC(NC)c2ccccc2OC)CCO1. The van der Waals surface area contributed by atoms with E-state index in [1.165, 1.54) is 5.56 Å². The number of likely N-dealkylation sites (N-methyl/N-ethyl adjacent to an activating group) is 1. The van der Waals surface area contributed by atoms with Crippen molar-refractivity contribution in [2.45, 2.75) is 25.5 Å². The van der Waals surface area contributed by atoms with E-state index in [0.717, 1.165) is 38.4 Å². The third kappa shape index (κ3) is 3.72. The number of methoxy groups -OCH3 is 1. The summed E-state index contributed by atoms with van der Waals surface area (Å²) in [7, 11) is 3.74. The van der Waals surface area contributed by atoms with Gasteiger partial charge in [-0.25, -0.2) is 0 Å². The topological polar surface area (TPSA) is 33.7 Å². The van der Waals surface area contributed by atoms with E-state index in [4.69, 9.17) is 9.47 Å². The van der Waals surface area contributed by atoms with Crippen molar-refractivity contribution in [1.82, 2.24) is 10.2 Å². The number of hydrogen-bond acceptors (Lipinski definition) is 4. The van der Waals surface area contributed by atoms with Gasteiger partial charge >= 0.3 is 0 Å². The number of nitrogens with zero attached hydrogens (tertiary/aromatic N) is 1. The molecule has 1 aromatic carbocycles. The van der Waals surface area contributed by atoms with Gasteiger partial charge < -0.3 is 14.8 Å². The number of rotatable bonds is 6. The molecule has 1 aromatic rings. The van der Waals surface area contributed by atoms with E-state index in [1.54, 1.807) is 7.11 Å². The lowest BCUT2D eigenvalue weighted by atomic mass is 10.0. The van der Waals surface area contributed by atoms with Crippen molar-refractivity contribution in [2.75, 3.05) is 40.4 Å². The third-order valence-corrected chi connectivity index (χ3v) is 3.98. The highest BCUT2D eigenvalue weighted by molar-refractivity contribution is 5.36. The molecule has 0 spiro atoms. The van der Waals surface area contributed by atoms with Gasteiger partial charge in [0.15, 0.2) is 0 Å². The second-order valence-corrected chi connectivity index (χ2v) is 5.24. The van der Waals surface area contributed by atoms with Gasteiger partial charge in [0.05, 0.1) is 19.8 Å². The molecular weight excluding hydrogens is 252 g/mol. The minimum atomic E-state index is 0.279. The fourth-order valence-electron chi connectivity index (χ4n) is 2.75. The maximum absolute atomic E-state index is 5.74. The Hall–Kier alpha value is -1.10. The Morgan fingerprint density at radius 3 is 2.95 bits per heavy atom. The lowest BCUT2D eigenvalue weighted by molar-refractivity contribution is -0.0321. The molecule has 112 valence electrons. The first-order valence-corrected chi connectivity index (χ1v) is 7.42. The molecule has 0 aromatic heterocycles. The van der Waals surface area contributed by atoms with Crippen LogP contribution in [0.15, 0.2) is 24.3 Å². The van der Waals surface area contributed by atoms with Crippen LogP contribution in [0.5, 0.6) is 5.75 Å². The number of hydrogen-bond donors (Lipinski definition) is 1. The normalized spacial score (nSPS) is 21.6. The Balaban J connectivity index is 2.05. The van der Waals surface area contributed by atoms with Gasteiger partial charge in [-0.05, 0) is 19.5 Å². The minimum absolute atomic E-state index is 0.279. The standard InChI is InChI=1S/C16H26N2O2/c1-4-13-11-18(9-10-20-13)12-15(17-2)14-7-5-6-8-16(14)19-3/h5-8,13,15,17H,4,9-12H2,1-3H3. The molecule has 0 bridgehead atoms. The molecule has 20 heavy (non-hydrogen) atoms. The molecule has 1 aliphatic heterocycles. The van der Waals surface area contributed by atoms with E-state index in [0.29, 0.717) is 6.10 Å². The lowest BCUT2D eigenvalue weighted by Crippen LogP contribution is -2.45. The van der Waals surface area contributed by atoms with Gasteiger partial charge in [-0.3, -0.25) is 4.90 Å². The molecule has 0 saturated carbocycles. The molecule has 0 radical (unpaired) electrons. The molecule has 0 amide bonds. The monoisotopic (exact) mass is 278 g/mol. The molecular formula is C16H26N2O2. The van der Waals surface area contributed by atoms with Gasteiger partial charge in [0.2, 0.25) is 0 Å². The largest absolute Gasteiger partial charge is 0.496 e. The van der Waals surface area contributed by atoms with Crippen LogP contribution in [0.25, 0.3) is 0 Å². The molecule has 4 nitrogen and oxygen atoms in total. The van der Waals surface area contributed by atoms with Crippen LogP contribution in [-0.4, -0.2) is 51.4 Å². The van der Waals surface area contributed by atoms with Crippen LogP contribution in [0.1, 0.15) is 24.9 Å². The predicted octanol–water partition coefficient (Wildman–Crippen LogP) is 2.07. The summed E-state index contributed by atoms with van der Waals surface area (Å²) in [6.07, 6.45) is 1.45. The zero-order valence-corrected chi connectivity index (χ0v) is 12.8. The Labute approximate surface area is 122 Å². The highest BCUT2D eigenvalue weighted by Crippen LogP contribution is 2.25. The van der Waals surface area contributed by atoms with Crippen LogP contribution >= 0.6 is 0 Å². The molecule has 1 heterocycles. The predicted molar refractivity (Wildman–Crippen MR) is 81.3 cm³/mol. The van der Waals surface area contributed by atoms with Crippen LogP contribution in [-0.2, 0) is 4.74 Å². The molecule has 2 unspecified atom stereocenters. The molecule has 0 aliphatic carbocycles. The van der Waals surface area contributed by atoms with E-state index >= 15 is 0 Å². The Bertz CT molecular complexity index is 411. The third-order valence-electron chi connectivity index (χ3n) is 3.98. The van der Waals surface area contributed by atoms with Crippen molar-refractivity contribution in [1.29, 1.82) is 0 Å². The van der Waals surface area contributed by atoms with E-state index < -0.39 is 0 Å². The van der Waals surface area contributed by atoms with Crippen molar-refractivity contribution in [2.24, 2.45) is 0 Å². The first-order valence-electron chi connectivity index (χ1n) is 7.42. The second kappa shape index (κ2) is 7.62. The molecule has 2 atom stereocenters. The molecule has 1 saturated heterocycles. The van der Waals surface area contributed by atoms with E-state index in [-0.39, 0.29) is 6.04 Å². The number of morpholine rings is 1. The maximum atomic E-state index is 5.74. The summed E-state index contributed by atoms with van der Waals surface area (Å²) in [6.45, 7) is 6.02. The van der Waals surface area contributed by atoms with Crippen LogP contribution < -0.4 is 10.1 Å². The van der Waals surface area contributed by atoms with Gasteiger partial charge in [0, 0.05) is 31.2 Å². The molecule has 1 fully saturated rings. The quantitative estimate of drug-likeness (QED) is 0.863. The first kappa shape index (κ1) is 15.3. The van der Waals surface area contributed by atoms with Gasteiger partial charge in [0.25, 0.3) is 0 Å². The summed E-state index contributed by atoms with van der Waals surface area (Å²) >= 11 is 0. The Morgan fingerprint density at radius 1 is 1.45 bits per heavy atom. The van der Waals surface area contributed by atoms with Gasteiger partial charge in [-0.1, -0.05) is 25.1 Å². The molecule has 4 heteroatoms. The highest BCUT2D eigenvalue weighted by atomic mass is 16.5. The smallest absolute Gasteiger partial charge is 0.123 e. The van der Waals surface area contributed by atoms with Crippen molar-refractivity contribution in [3.8, 4) is 5.75 Å².